The van der Waals surface area contributed by atoms with E-state index in [9.17, 15) is 4.79 Å². The molecule has 1 saturated heterocycles. The molecule has 1 aliphatic rings. The van der Waals surface area contributed by atoms with Crippen molar-refractivity contribution < 1.29 is 9.53 Å². The molecule has 25 heavy (non-hydrogen) atoms. The first-order chi connectivity index (χ1) is 12.2. The Bertz CT molecular complexity index is 883. The van der Waals surface area contributed by atoms with Crippen LogP contribution >= 0.6 is 11.6 Å². The number of rotatable bonds is 3. The van der Waals surface area contributed by atoms with Crippen molar-refractivity contribution in [3.05, 3.63) is 65.6 Å². The molecular formula is C19H18ClN3O2. The second-order valence-corrected chi connectivity index (χ2v) is 6.61. The van der Waals surface area contributed by atoms with Crippen LogP contribution in [0.25, 0.3) is 5.65 Å². The molecule has 1 aliphatic heterocycles. The van der Waals surface area contributed by atoms with Gasteiger partial charge in [-0.1, -0.05) is 11.6 Å². The Labute approximate surface area is 150 Å². The number of halogens is 1. The van der Waals surface area contributed by atoms with Crippen LogP contribution in [0, 0.1) is 0 Å². The van der Waals surface area contributed by atoms with Gasteiger partial charge < -0.3 is 14.0 Å². The number of fused-ring (bicyclic) bond motifs is 1. The van der Waals surface area contributed by atoms with Crippen molar-refractivity contribution in [2.45, 2.75) is 18.9 Å². The zero-order valence-electron chi connectivity index (χ0n) is 13.6. The smallest absolute Gasteiger partial charge is 0.254 e. The molecule has 3 heterocycles. The van der Waals surface area contributed by atoms with E-state index in [2.05, 4.69) is 4.98 Å². The summed E-state index contributed by atoms with van der Waals surface area (Å²) in [6, 6.07) is 11.1. The number of hydrogen-bond acceptors (Lipinski definition) is 3. The van der Waals surface area contributed by atoms with E-state index in [-0.39, 0.29) is 12.0 Å². The number of aromatic nitrogens is 2. The van der Waals surface area contributed by atoms with Gasteiger partial charge in [0.1, 0.15) is 17.5 Å². The van der Waals surface area contributed by atoms with Crippen LogP contribution in [0.5, 0.6) is 5.75 Å². The molecule has 0 spiro atoms. The number of nitrogens with zero attached hydrogens (tertiary/aromatic N) is 3. The molecule has 0 radical (unpaired) electrons. The summed E-state index contributed by atoms with van der Waals surface area (Å²) in [5, 5.41) is 0.696. The van der Waals surface area contributed by atoms with Crippen molar-refractivity contribution in [3.63, 3.8) is 0 Å². The molecule has 1 fully saturated rings. The first-order valence-electron chi connectivity index (χ1n) is 8.33. The molecular weight excluding hydrogens is 338 g/mol. The van der Waals surface area contributed by atoms with Gasteiger partial charge in [0.25, 0.3) is 5.91 Å². The molecule has 6 heteroatoms. The molecule has 2 aromatic heterocycles. The van der Waals surface area contributed by atoms with Crippen molar-refractivity contribution in [1.29, 1.82) is 0 Å². The maximum Gasteiger partial charge on any atom is 0.254 e. The summed E-state index contributed by atoms with van der Waals surface area (Å²) in [6.45, 7) is 1.38. The van der Waals surface area contributed by atoms with Crippen LogP contribution in [-0.2, 0) is 0 Å². The van der Waals surface area contributed by atoms with E-state index >= 15 is 0 Å². The minimum atomic E-state index is 0.0513. The Morgan fingerprint density at radius 2 is 1.88 bits per heavy atom. The zero-order valence-corrected chi connectivity index (χ0v) is 14.4. The molecule has 0 bridgehead atoms. The van der Waals surface area contributed by atoms with Gasteiger partial charge >= 0.3 is 0 Å². The molecule has 0 atom stereocenters. The van der Waals surface area contributed by atoms with Gasteiger partial charge in [-0.2, -0.15) is 0 Å². The van der Waals surface area contributed by atoms with E-state index in [4.69, 9.17) is 16.3 Å². The van der Waals surface area contributed by atoms with E-state index in [1.807, 2.05) is 58.1 Å². The van der Waals surface area contributed by atoms with Crippen molar-refractivity contribution >= 4 is 23.2 Å². The van der Waals surface area contributed by atoms with Crippen LogP contribution in [0.15, 0.2) is 55.0 Å². The lowest BCUT2D eigenvalue weighted by atomic mass is 10.1. The van der Waals surface area contributed by atoms with Gasteiger partial charge in [0.05, 0.1) is 0 Å². The third-order valence-electron chi connectivity index (χ3n) is 4.49. The van der Waals surface area contributed by atoms with Crippen molar-refractivity contribution in [3.8, 4) is 5.75 Å². The summed E-state index contributed by atoms with van der Waals surface area (Å²) >= 11 is 5.89. The number of carbonyl (C=O) groups is 1. The number of likely N-dealkylation sites (tertiary alicyclic amines) is 1. The average molecular weight is 356 g/mol. The topological polar surface area (TPSA) is 46.8 Å². The SMILES string of the molecule is O=C(c1ccn2ccnc2c1)N1CCC(Oc2ccc(Cl)cc2)CC1. The van der Waals surface area contributed by atoms with Gasteiger partial charge in [0.2, 0.25) is 0 Å². The van der Waals surface area contributed by atoms with Crippen molar-refractivity contribution in [2.24, 2.45) is 0 Å². The van der Waals surface area contributed by atoms with Gasteiger partial charge in [0, 0.05) is 55.1 Å². The number of carbonyl (C=O) groups excluding carboxylic acids is 1. The van der Waals surface area contributed by atoms with Crippen LogP contribution in [0.2, 0.25) is 5.02 Å². The maximum absolute atomic E-state index is 12.7. The third-order valence-corrected chi connectivity index (χ3v) is 4.74. The van der Waals surface area contributed by atoms with Crippen LogP contribution in [0.3, 0.4) is 0 Å². The molecule has 0 saturated carbocycles. The number of imidazole rings is 1. The molecule has 3 aromatic rings. The third kappa shape index (κ3) is 3.46. The Hall–Kier alpha value is -2.53. The number of ether oxygens (including phenoxy) is 1. The summed E-state index contributed by atoms with van der Waals surface area (Å²) in [5.74, 6) is 0.870. The van der Waals surface area contributed by atoms with Gasteiger partial charge in [0.15, 0.2) is 0 Å². The molecule has 4 rings (SSSR count). The molecule has 5 nitrogen and oxygen atoms in total. The van der Waals surface area contributed by atoms with Gasteiger partial charge in [-0.15, -0.1) is 0 Å². The lowest BCUT2D eigenvalue weighted by Gasteiger charge is -2.32. The number of amides is 1. The zero-order chi connectivity index (χ0) is 17.2. The minimum absolute atomic E-state index is 0.0513. The second-order valence-electron chi connectivity index (χ2n) is 6.17. The fraction of sp³-hybridized carbons (Fsp3) is 0.263. The minimum Gasteiger partial charge on any atom is -0.490 e. The lowest BCUT2D eigenvalue weighted by Crippen LogP contribution is -2.41. The van der Waals surface area contributed by atoms with Crippen LogP contribution < -0.4 is 4.74 Å². The van der Waals surface area contributed by atoms with Gasteiger partial charge in [-0.05, 0) is 36.4 Å². The van der Waals surface area contributed by atoms with Gasteiger partial charge in [-0.25, -0.2) is 4.98 Å². The number of pyridine rings is 1. The quantitative estimate of drug-likeness (QED) is 0.720. The fourth-order valence-electron chi connectivity index (χ4n) is 3.11. The average Bonchev–Trinajstić information content (AvgIpc) is 3.11. The highest BCUT2D eigenvalue weighted by Gasteiger charge is 2.25. The first kappa shape index (κ1) is 16.0. The predicted octanol–water partition coefficient (Wildman–Crippen LogP) is 3.67. The van der Waals surface area contributed by atoms with Crippen LogP contribution in [-0.4, -0.2) is 39.4 Å². The molecule has 1 amide bonds. The standard InChI is InChI=1S/C19H18ClN3O2/c20-15-1-3-16(4-2-15)25-17-6-10-23(11-7-17)19(24)14-5-9-22-12-8-21-18(22)13-14/h1-5,8-9,12-13,17H,6-7,10-11H2. The highest BCUT2D eigenvalue weighted by Crippen LogP contribution is 2.22. The molecule has 0 unspecified atom stereocenters. The van der Waals surface area contributed by atoms with E-state index in [1.54, 1.807) is 6.20 Å². The number of hydrogen-bond donors (Lipinski definition) is 0. The molecule has 128 valence electrons. The normalized spacial score (nSPS) is 15.5. The summed E-state index contributed by atoms with van der Waals surface area (Å²) in [4.78, 5) is 18.8. The second kappa shape index (κ2) is 6.76. The highest BCUT2D eigenvalue weighted by molar-refractivity contribution is 6.30. The Morgan fingerprint density at radius 3 is 2.64 bits per heavy atom. The first-order valence-corrected chi connectivity index (χ1v) is 8.71. The van der Waals surface area contributed by atoms with Crippen molar-refractivity contribution in [1.82, 2.24) is 14.3 Å². The Kier molecular flexibility index (Phi) is 4.32. The van der Waals surface area contributed by atoms with Gasteiger partial charge in [-0.3, -0.25) is 4.79 Å². The molecule has 0 aliphatic carbocycles. The number of benzene rings is 1. The number of piperidine rings is 1. The predicted molar refractivity (Wildman–Crippen MR) is 96.2 cm³/mol. The summed E-state index contributed by atoms with van der Waals surface area (Å²) in [7, 11) is 0. The van der Waals surface area contributed by atoms with E-state index in [0.717, 1.165) is 24.2 Å². The van der Waals surface area contributed by atoms with E-state index in [1.165, 1.54) is 0 Å². The highest BCUT2D eigenvalue weighted by atomic mass is 35.5. The van der Waals surface area contributed by atoms with E-state index in [0.29, 0.717) is 23.7 Å². The largest absolute Gasteiger partial charge is 0.490 e. The monoisotopic (exact) mass is 355 g/mol. The van der Waals surface area contributed by atoms with E-state index < -0.39 is 0 Å². The summed E-state index contributed by atoms with van der Waals surface area (Å²) in [5.41, 5.74) is 1.46. The maximum atomic E-state index is 12.7. The van der Waals surface area contributed by atoms with Crippen LogP contribution in [0.1, 0.15) is 23.2 Å². The Balaban J connectivity index is 1.37. The molecule has 0 N–H and O–H groups in total. The van der Waals surface area contributed by atoms with Crippen LogP contribution in [0.4, 0.5) is 0 Å². The fourth-order valence-corrected chi connectivity index (χ4v) is 3.23. The summed E-state index contributed by atoms with van der Waals surface area (Å²) in [6.07, 6.45) is 7.22. The molecule has 1 aromatic carbocycles. The van der Waals surface area contributed by atoms with Crippen molar-refractivity contribution in [2.75, 3.05) is 13.1 Å². The summed E-state index contributed by atoms with van der Waals surface area (Å²) < 4.78 is 7.87. The Morgan fingerprint density at radius 1 is 1.12 bits per heavy atom. The lowest BCUT2D eigenvalue weighted by molar-refractivity contribution is 0.0595.